The summed E-state index contributed by atoms with van der Waals surface area (Å²) in [7, 11) is 0. The molecule has 0 radical (unpaired) electrons. The van der Waals surface area contributed by atoms with E-state index in [1.807, 2.05) is 0 Å². The van der Waals surface area contributed by atoms with Crippen molar-refractivity contribution >= 4 is 46.6 Å². The zero-order chi connectivity index (χ0) is 32.7. The smallest absolute Gasteiger partial charge is 0.357 e. The normalized spacial score (nSPS) is 18.3. The maximum Gasteiger partial charge on any atom is 0.357 e. The van der Waals surface area contributed by atoms with Crippen molar-refractivity contribution in [3.8, 4) is 0 Å². The standard InChI is InChI=1S/C32H38N4O10/c37-13-15-43-17-19-45-31(41)27-21-7-1-3-9-23(21)35-29(39)30(40)36-24-10-4-2-8-22(24)28(32(42)46-20-18-44-16-14-38)34-26-12-6-5-11-25(26)33-27/h1-4,7-10,25-26,37-38H,5-6,11-20H2,(H,35,39)(H,36,40). The number of aliphatic hydroxyl groups excluding tert-OH is 2. The first-order valence-electron chi connectivity index (χ1n) is 15.1. The number of esters is 2. The van der Waals surface area contributed by atoms with Crippen LogP contribution in [0.15, 0.2) is 58.5 Å². The Morgan fingerprint density at radius 3 is 1.48 bits per heavy atom. The van der Waals surface area contributed by atoms with Crippen molar-refractivity contribution in [1.29, 1.82) is 0 Å². The summed E-state index contributed by atoms with van der Waals surface area (Å²) in [6.07, 6.45) is 2.69. The first kappa shape index (κ1) is 34.4. The fourth-order valence-corrected chi connectivity index (χ4v) is 5.00. The number of carbonyl (C=O) groups excluding carboxylic acids is 4. The van der Waals surface area contributed by atoms with Gasteiger partial charge in [0.25, 0.3) is 0 Å². The average molecular weight is 639 g/mol. The Morgan fingerprint density at radius 2 is 1.07 bits per heavy atom. The third-order valence-corrected chi connectivity index (χ3v) is 7.13. The van der Waals surface area contributed by atoms with E-state index in [2.05, 4.69) is 10.6 Å². The minimum Gasteiger partial charge on any atom is -0.459 e. The second-order valence-electron chi connectivity index (χ2n) is 10.3. The van der Waals surface area contributed by atoms with Gasteiger partial charge in [-0.15, -0.1) is 0 Å². The van der Waals surface area contributed by atoms with Gasteiger partial charge in [-0.05, 0) is 25.0 Å². The molecule has 46 heavy (non-hydrogen) atoms. The second kappa shape index (κ2) is 17.8. The molecular formula is C32H38N4O10. The van der Waals surface area contributed by atoms with Crippen LogP contribution in [0.25, 0.3) is 0 Å². The highest BCUT2D eigenvalue weighted by Gasteiger charge is 2.32. The van der Waals surface area contributed by atoms with E-state index >= 15 is 0 Å². The van der Waals surface area contributed by atoms with Gasteiger partial charge in [-0.25, -0.2) is 9.59 Å². The summed E-state index contributed by atoms with van der Waals surface area (Å²) in [5, 5.41) is 23.0. The molecule has 1 heterocycles. The van der Waals surface area contributed by atoms with Crippen LogP contribution >= 0.6 is 0 Å². The predicted octanol–water partition coefficient (Wildman–Crippen LogP) is 1.27. The molecule has 0 saturated heterocycles. The molecule has 4 rings (SSSR count). The van der Waals surface area contributed by atoms with Crippen LogP contribution in [0.4, 0.5) is 11.4 Å². The second-order valence-corrected chi connectivity index (χ2v) is 10.3. The van der Waals surface area contributed by atoms with Crippen LogP contribution in [0.2, 0.25) is 0 Å². The molecule has 2 aliphatic rings. The number of amides is 2. The first-order valence-corrected chi connectivity index (χ1v) is 15.1. The maximum absolute atomic E-state index is 13.5. The van der Waals surface area contributed by atoms with Gasteiger partial charge in [-0.2, -0.15) is 0 Å². The molecule has 2 unspecified atom stereocenters. The van der Waals surface area contributed by atoms with Crippen molar-refractivity contribution < 1.29 is 48.3 Å². The summed E-state index contributed by atoms with van der Waals surface area (Å²) in [6.45, 7) is -0.327. The summed E-state index contributed by atoms with van der Waals surface area (Å²) in [5.41, 5.74) is 0.630. The summed E-state index contributed by atoms with van der Waals surface area (Å²) >= 11 is 0. The lowest BCUT2D eigenvalue weighted by molar-refractivity contribution is -0.138. The lowest BCUT2D eigenvalue weighted by Gasteiger charge is -2.28. The molecule has 1 aliphatic heterocycles. The highest BCUT2D eigenvalue weighted by molar-refractivity contribution is 6.48. The molecule has 4 N–H and O–H groups in total. The fourth-order valence-electron chi connectivity index (χ4n) is 5.00. The van der Waals surface area contributed by atoms with Gasteiger partial charge in [0.2, 0.25) is 0 Å². The largest absolute Gasteiger partial charge is 0.459 e. The number of nitrogens with zero attached hydrogens (tertiary/aromatic N) is 2. The molecule has 2 aromatic carbocycles. The number of fused-ring (bicyclic) bond motifs is 3. The van der Waals surface area contributed by atoms with Crippen molar-refractivity contribution in [1.82, 2.24) is 0 Å². The summed E-state index contributed by atoms with van der Waals surface area (Å²) in [5.74, 6) is -3.62. The van der Waals surface area contributed by atoms with Gasteiger partial charge in [0.05, 0.1) is 63.1 Å². The number of para-hydroxylation sites is 2. The number of hydrogen-bond acceptors (Lipinski definition) is 12. The molecule has 0 spiro atoms. The highest BCUT2D eigenvalue weighted by Crippen LogP contribution is 2.28. The summed E-state index contributed by atoms with van der Waals surface area (Å²) < 4.78 is 21.3. The number of aliphatic hydroxyl groups is 2. The zero-order valence-corrected chi connectivity index (χ0v) is 25.3. The lowest BCUT2D eigenvalue weighted by atomic mass is 9.90. The van der Waals surface area contributed by atoms with Gasteiger partial charge in [-0.3, -0.25) is 19.6 Å². The Hall–Kier alpha value is -4.50. The average Bonchev–Trinajstić information content (AvgIpc) is 3.06. The Labute approximate surface area is 265 Å². The number of ether oxygens (including phenoxy) is 4. The van der Waals surface area contributed by atoms with Crippen LogP contribution in [0.3, 0.4) is 0 Å². The minimum atomic E-state index is -1.03. The van der Waals surface area contributed by atoms with Crippen LogP contribution in [0.1, 0.15) is 36.8 Å². The monoisotopic (exact) mass is 638 g/mol. The topological polar surface area (TPSA) is 194 Å². The summed E-state index contributed by atoms with van der Waals surface area (Å²) in [4.78, 5) is 62.9. The molecule has 1 saturated carbocycles. The Kier molecular flexibility index (Phi) is 13.3. The predicted molar refractivity (Wildman–Crippen MR) is 167 cm³/mol. The molecular weight excluding hydrogens is 600 g/mol. The van der Waals surface area contributed by atoms with E-state index < -0.39 is 35.8 Å². The van der Waals surface area contributed by atoms with Crippen LogP contribution < -0.4 is 10.6 Å². The van der Waals surface area contributed by atoms with Gasteiger partial charge in [0.1, 0.15) is 13.2 Å². The lowest BCUT2D eigenvalue weighted by Crippen LogP contribution is -2.35. The Balaban J connectivity index is 1.80. The van der Waals surface area contributed by atoms with Gasteiger partial charge in [-0.1, -0.05) is 49.2 Å². The van der Waals surface area contributed by atoms with E-state index in [0.717, 1.165) is 12.8 Å². The molecule has 14 heteroatoms. The molecule has 246 valence electrons. The van der Waals surface area contributed by atoms with Crippen LogP contribution in [-0.4, -0.2) is 110 Å². The third-order valence-electron chi connectivity index (χ3n) is 7.13. The van der Waals surface area contributed by atoms with E-state index in [-0.39, 0.29) is 86.8 Å². The third kappa shape index (κ3) is 9.50. The SMILES string of the molecule is O=C1Nc2ccccc2C(C(=O)OCCOCCO)=NC2CCCCC2N=C(C(=O)OCCOCCO)c2ccccc2NC1=O. The fraction of sp³-hybridized carbons (Fsp3) is 0.438. The van der Waals surface area contributed by atoms with Crippen LogP contribution in [0.5, 0.6) is 0 Å². The van der Waals surface area contributed by atoms with Crippen molar-refractivity contribution in [3.63, 3.8) is 0 Å². The number of aliphatic imine (C=N–C) groups is 2. The number of benzene rings is 2. The molecule has 1 aliphatic carbocycles. The number of rotatable bonds is 12. The molecule has 2 amide bonds. The summed E-state index contributed by atoms with van der Waals surface area (Å²) in [6, 6.07) is 11.8. The molecule has 2 aromatic rings. The van der Waals surface area contributed by atoms with Gasteiger partial charge >= 0.3 is 23.8 Å². The van der Waals surface area contributed by atoms with Crippen LogP contribution in [0, 0.1) is 0 Å². The van der Waals surface area contributed by atoms with E-state index in [0.29, 0.717) is 12.8 Å². The highest BCUT2D eigenvalue weighted by atomic mass is 16.6. The zero-order valence-electron chi connectivity index (χ0n) is 25.3. The number of carbonyl (C=O) groups is 4. The first-order chi connectivity index (χ1) is 22.4. The van der Waals surface area contributed by atoms with Crippen molar-refractivity contribution in [2.75, 3.05) is 63.5 Å². The Morgan fingerprint density at radius 1 is 0.652 bits per heavy atom. The maximum atomic E-state index is 13.5. The van der Waals surface area contributed by atoms with Crippen molar-refractivity contribution in [2.45, 2.75) is 37.8 Å². The van der Waals surface area contributed by atoms with Gasteiger partial charge in [0.15, 0.2) is 11.4 Å². The van der Waals surface area contributed by atoms with Crippen molar-refractivity contribution in [3.05, 3.63) is 59.7 Å². The molecule has 0 bridgehead atoms. The van der Waals surface area contributed by atoms with Crippen molar-refractivity contribution in [2.24, 2.45) is 9.98 Å². The molecule has 1 fully saturated rings. The number of nitrogens with one attached hydrogen (secondary N) is 2. The van der Waals surface area contributed by atoms with E-state index in [9.17, 15) is 19.2 Å². The number of hydrogen-bond donors (Lipinski definition) is 4. The molecule has 14 nitrogen and oxygen atoms in total. The van der Waals surface area contributed by atoms with E-state index in [1.54, 1.807) is 48.5 Å². The van der Waals surface area contributed by atoms with Gasteiger partial charge in [0, 0.05) is 11.1 Å². The van der Waals surface area contributed by atoms with Crippen LogP contribution in [-0.2, 0) is 38.1 Å². The van der Waals surface area contributed by atoms with E-state index in [1.165, 1.54) is 0 Å². The minimum absolute atomic E-state index is 0.0460. The quantitative estimate of drug-likeness (QED) is 0.149. The number of anilines is 2. The van der Waals surface area contributed by atoms with Gasteiger partial charge < -0.3 is 39.8 Å². The molecule has 0 aromatic heterocycles. The molecule has 2 atom stereocenters. The van der Waals surface area contributed by atoms with E-state index in [4.69, 9.17) is 39.1 Å². The Bertz CT molecular complexity index is 1340.